The number of ether oxygens (including phenoxy) is 1. The monoisotopic (exact) mass is 243 g/mol. The molecule has 0 radical (unpaired) electrons. The highest BCUT2D eigenvalue weighted by Crippen LogP contribution is 2.37. The lowest BCUT2D eigenvalue weighted by Crippen LogP contribution is -2.20. The lowest BCUT2D eigenvalue weighted by atomic mass is 10.1. The number of benzene rings is 1. The first-order valence-corrected chi connectivity index (χ1v) is 4.82. The molecular weight excluding hydrogens is 234 g/mol. The standard InChI is InChI=1S/C9H10BrNO2/c1-12-11-8-5-13-9-6(8)3-2-4-7(9)10/h2-4,8,11H,5H2,1H3. The van der Waals surface area contributed by atoms with Gasteiger partial charge >= 0.3 is 0 Å². The molecule has 0 bridgehead atoms. The zero-order chi connectivity index (χ0) is 9.26. The first kappa shape index (κ1) is 8.99. The highest BCUT2D eigenvalue weighted by Gasteiger charge is 2.25. The van der Waals surface area contributed by atoms with Crippen LogP contribution >= 0.6 is 15.9 Å². The molecule has 13 heavy (non-hydrogen) atoms. The highest BCUT2D eigenvalue weighted by atomic mass is 79.9. The predicted molar refractivity (Wildman–Crippen MR) is 52.5 cm³/mol. The third-order valence-corrected chi connectivity index (χ3v) is 2.65. The second-order valence-corrected chi connectivity index (χ2v) is 3.70. The van der Waals surface area contributed by atoms with Gasteiger partial charge in [0.2, 0.25) is 0 Å². The molecule has 1 aliphatic heterocycles. The van der Waals surface area contributed by atoms with Crippen molar-refractivity contribution < 1.29 is 9.57 Å². The van der Waals surface area contributed by atoms with Crippen LogP contribution in [0.25, 0.3) is 0 Å². The number of hydrogen-bond acceptors (Lipinski definition) is 3. The Kier molecular flexibility index (Phi) is 2.53. The molecule has 1 N–H and O–H groups in total. The first-order valence-electron chi connectivity index (χ1n) is 4.02. The van der Waals surface area contributed by atoms with E-state index in [1.807, 2.05) is 18.2 Å². The van der Waals surface area contributed by atoms with Crippen molar-refractivity contribution >= 4 is 15.9 Å². The predicted octanol–water partition coefficient (Wildman–Crippen LogP) is 2.03. The van der Waals surface area contributed by atoms with Gasteiger partial charge in [-0.15, -0.1) is 0 Å². The van der Waals surface area contributed by atoms with Crippen LogP contribution in [-0.2, 0) is 4.84 Å². The van der Waals surface area contributed by atoms with E-state index in [0.717, 1.165) is 15.8 Å². The van der Waals surface area contributed by atoms with Gasteiger partial charge in [-0.05, 0) is 22.0 Å². The molecule has 0 fully saturated rings. The number of rotatable bonds is 2. The quantitative estimate of drug-likeness (QED) is 0.807. The molecular formula is C9H10BrNO2. The van der Waals surface area contributed by atoms with Gasteiger partial charge in [0.05, 0.1) is 17.6 Å². The summed E-state index contributed by atoms with van der Waals surface area (Å²) in [6.07, 6.45) is 0. The van der Waals surface area contributed by atoms with Crippen molar-refractivity contribution in [1.29, 1.82) is 0 Å². The van der Waals surface area contributed by atoms with Gasteiger partial charge in [0.25, 0.3) is 0 Å². The summed E-state index contributed by atoms with van der Waals surface area (Å²) in [6.45, 7) is 0.617. The van der Waals surface area contributed by atoms with Gasteiger partial charge in [-0.3, -0.25) is 0 Å². The largest absolute Gasteiger partial charge is 0.490 e. The Morgan fingerprint density at radius 3 is 3.23 bits per heavy atom. The second kappa shape index (κ2) is 3.65. The molecule has 3 nitrogen and oxygen atoms in total. The van der Waals surface area contributed by atoms with Crippen LogP contribution in [0.15, 0.2) is 22.7 Å². The Morgan fingerprint density at radius 2 is 2.46 bits per heavy atom. The van der Waals surface area contributed by atoms with Gasteiger partial charge in [0, 0.05) is 5.56 Å². The SMILES string of the molecule is CONC1COc2c(Br)cccc21. The molecule has 0 amide bonds. The molecule has 0 aliphatic carbocycles. The van der Waals surface area contributed by atoms with Crippen LogP contribution in [0.5, 0.6) is 5.75 Å². The van der Waals surface area contributed by atoms with Gasteiger partial charge < -0.3 is 9.57 Å². The van der Waals surface area contributed by atoms with Crippen molar-refractivity contribution in [2.45, 2.75) is 6.04 Å². The Labute approximate surface area is 85.1 Å². The van der Waals surface area contributed by atoms with Crippen LogP contribution in [0.2, 0.25) is 0 Å². The van der Waals surface area contributed by atoms with E-state index in [-0.39, 0.29) is 6.04 Å². The maximum Gasteiger partial charge on any atom is 0.138 e. The van der Waals surface area contributed by atoms with Crippen molar-refractivity contribution in [1.82, 2.24) is 5.48 Å². The number of nitrogens with one attached hydrogen (secondary N) is 1. The summed E-state index contributed by atoms with van der Waals surface area (Å²) in [4.78, 5) is 4.88. The summed E-state index contributed by atoms with van der Waals surface area (Å²) in [5.41, 5.74) is 4.02. The van der Waals surface area contributed by atoms with Crippen molar-refractivity contribution in [3.63, 3.8) is 0 Å². The average molecular weight is 244 g/mol. The van der Waals surface area contributed by atoms with Crippen LogP contribution in [0.4, 0.5) is 0 Å². The summed E-state index contributed by atoms with van der Waals surface area (Å²) < 4.78 is 6.50. The number of para-hydroxylation sites is 1. The third-order valence-electron chi connectivity index (χ3n) is 2.03. The molecule has 1 aromatic carbocycles. The molecule has 0 aromatic heterocycles. The minimum atomic E-state index is 0.137. The van der Waals surface area contributed by atoms with E-state index in [4.69, 9.17) is 9.57 Å². The molecule has 0 saturated carbocycles. The minimum Gasteiger partial charge on any atom is -0.490 e. The summed E-state index contributed by atoms with van der Waals surface area (Å²) >= 11 is 3.43. The fourth-order valence-electron chi connectivity index (χ4n) is 1.45. The van der Waals surface area contributed by atoms with Crippen LogP contribution < -0.4 is 10.2 Å². The third kappa shape index (κ3) is 1.57. The Balaban J connectivity index is 2.32. The highest BCUT2D eigenvalue weighted by molar-refractivity contribution is 9.10. The zero-order valence-electron chi connectivity index (χ0n) is 7.21. The second-order valence-electron chi connectivity index (χ2n) is 2.84. The normalized spacial score (nSPS) is 19.7. The molecule has 70 valence electrons. The van der Waals surface area contributed by atoms with Crippen molar-refractivity contribution in [2.24, 2.45) is 0 Å². The number of hydroxylamine groups is 1. The molecule has 1 atom stereocenters. The molecule has 2 rings (SSSR count). The van der Waals surface area contributed by atoms with Crippen LogP contribution in [0, 0.1) is 0 Å². The molecule has 0 saturated heterocycles. The minimum absolute atomic E-state index is 0.137. The zero-order valence-corrected chi connectivity index (χ0v) is 8.80. The molecule has 0 spiro atoms. The van der Waals surface area contributed by atoms with Gasteiger partial charge in [0.15, 0.2) is 0 Å². The smallest absolute Gasteiger partial charge is 0.138 e. The fraction of sp³-hybridized carbons (Fsp3) is 0.333. The van der Waals surface area contributed by atoms with E-state index in [0.29, 0.717) is 6.61 Å². The van der Waals surface area contributed by atoms with Crippen LogP contribution in [0.3, 0.4) is 0 Å². The van der Waals surface area contributed by atoms with Crippen molar-refractivity contribution in [3.8, 4) is 5.75 Å². The van der Waals surface area contributed by atoms with Gasteiger partial charge in [-0.2, -0.15) is 5.48 Å². The van der Waals surface area contributed by atoms with E-state index in [2.05, 4.69) is 21.4 Å². The lowest BCUT2D eigenvalue weighted by molar-refractivity contribution is 0.0536. The van der Waals surface area contributed by atoms with E-state index < -0.39 is 0 Å². The Morgan fingerprint density at radius 1 is 1.62 bits per heavy atom. The molecule has 1 heterocycles. The maximum atomic E-state index is 5.51. The molecule has 1 aliphatic rings. The van der Waals surface area contributed by atoms with Gasteiger partial charge in [0.1, 0.15) is 12.4 Å². The molecule has 1 unspecified atom stereocenters. The number of fused-ring (bicyclic) bond motifs is 1. The summed E-state index contributed by atoms with van der Waals surface area (Å²) in [5.74, 6) is 0.914. The van der Waals surface area contributed by atoms with Crippen molar-refractivity contribution in [3.05, 3.63) is 28.2 Å². The van der Waals surface area contributed by atoms with Crippen molar-refractivity contribution in [2.75, 3.05) is 13.7 Å². The topological polar surface area (TPSA) is 30.5 Å². The lowest BCUT2D eigenvalue weighted by Gasteiger charge is -2.07. The molecule has 4 heteroatoms. The van der Waals surface area contributed by atoms with E-state index in [1.54, 1.807) is 7.11 Å². The summed E-state index contributed by atoms with van der Waals surface area (Å²) in [7, 11) is 1.61. The van der Waals surface area contributed by atoms with Gasteiger partial charge in [-0.25, -0.2) is 0 Å². The fourth-order valence-corrected chi connectivity index (χ4v) is 1.94. The summed E-state index contributed by atoms with van der Waals surface area (Å²) in [6, 6.07) is 6.12. The van der Waals surface area contributed by atoms with Crippen LogP contribution in [-0.4, -0.2) is 13.7 Å². The Bertz CT molecular complexity index is 316. The summed E-state index contributed by atoms with van der Waals surface area (Å²) in [5, 5.41) is 0. The van der Waals surface area contributed by atoms with E-state index in [1.165, 1.54) is 0 Å². The first-order chi connectivity index (χ1) is 6.33. The maximum absolute atomic E-state index is 5.51. The number of halogens is 1. The molecule has 1 aromatic rings. The number of hydrogen-bond donors (Lipinski definition) is 1. The Hall–Kier alpha value is -0.580. The van der Waals surface area contributed by atoms with Gasteiger partial charge in [-0.1, -0.05) is 12.1 Å². The van der Waals surface area contributed by atoms with E-state index >= 15 is 0 Å². The van der Waals surface area contributed by atoms with Crippen LogP contribution in [0.1, 0.15) is 11.6 Å². The van der Waals surface area contributed by atoms with E-state index in [9.17, 15) is 0 Å². The average Bonchev–Trinajstić information content (AvgIpc) is 2.51.